The third kappa shape index (κ3) is 24.6. The lowest BCUT2D eigenvalue weighted by Gasteiger charge is -2.36. The number of allylic oxidation sites excluding steroid dienone is 1. The van der Waals surface area contributed by atoms with Crippen molar-refractivity contribution in [1.29, 1.82) is 0 Å². The van der Waals surface area contributed by atoms with E-state index in [1.165, 1.54) is 6.08 Å². The number of unbranched alkanes of at least 4 members (excludes halogenated alkanes) is 3. The average Bonchev–Trinajstić information content (AvgIpc) is 3.42. The first kappa shape index (κ1) is 54.9. The summed E-state index contributed by atoms with van der Waals surface area (Å²) in [6.45, 7) is 2.35. The molecule has 0 saturated carbocycles. The Morgan fingerprint density at radius 3 is 2.29 bits per heavy atom. The standard InChI is InChI=1S/C38H66N2O20S3/c1-28(2)22-36(42)55-30-23-34-32-17-11-4-3-5-13-19-35(41)39-25-37(43)56-31(16-10-6-8-14-20-38(24-30,57-32)58-34)33(59-62(47,48)49)18-12-7-9-15-21-53-26-29(27-54-61(44,45)46)40-60-63(50,51)52/h13,19,28-34,40H,3-12,14-18,20-27H2,1-2H3,(H,39,41)(H,44,45,46)(H,47,48,49)(H,50,51,52)/b19-13+/t29?,30-,31?,32+,33?,34-,38-/m0/s1. The van der Waals surface area contributed by atoms with Crippen molar-refractivity contribution in [3.05, 3.63) is 12.2 Å². The predicted octanol–water partition coefficient (Wildman–Crippen LogP) is 3.77. The minimum absolute atomic E-state index is 0.0437. The van der Waals surface area contributed by atoms with Gasteiger partial charge in [0.1, 0.15) is 24.9 Å². The molecule has 0 aromatic heterocycles. The molecular formula is C38H66N2O20S3. The molecule has 0 radical (unpaired) electrons. The third-order valence-corrected chi connectivity index (χ3v) is 11.6. The fourth-order valence-corrected chi connectivity index (χ4v) is 8.78. The van der Waals surface area contributed by atoms with E-state index in [0.29, 0.717) is 83.5 Å². The second-order valence-corrected chi connectivity index (χ2v) is 19.7. The van der Waals surface area contributed by atoms with Crippen LogP contribution >= 0.6 is 0 Å². The summed E-state index contributed by atoms with van der Waals surface area (Å²) in [6.07, 6.45) is 10.4. The fraction of sp³-hybridized carbons (Fsp3) is 0.868. The molecule has 0 aliphatic carbocycles. The van der Waals surface area contributed by atoms with Crippen molar-refractivity contribution >= 4 is 49.0 Å². The second kappa shape index (κ2) is 27.3. The van der Waals surface area contributed by atoms with E-state index in [1.54, 1.807) is 6.08 Å². The number of carbonyl (C=O) groups is 3. The maximum Gasteiger partial charge on any atom is 0.413 e. The molecule has 3 rings (SSSR count). The molecule has 25 heteroatoms. The highest BCUT2D eigenvalue weighted by Crippen LogP contribution is 2.45. The summed E-state index contributed by atoms with van der Waals surface area (Å²) in [4.78, 5) is 38.0. The number of fused-ring (bicyclic) bond motifs is 3. The summed E-state index contributed by atoms with van der Waals surface area (Å²) in [6, 6.07) is -1.25. The lowest BCUT2D eigenvalue weighted by atomic mass is 9.93. The smallest absolute Gasteiger partial charge is 0.413 e. The Balaban J connectivity index is 1.61. The van der Waals surface area contributed by atoms with Gasteiger partial charge in [0.2, 0.25) is 5.91 Å². The summed E-state index contributed by atoms with van der Waals surface area (Å²) >= 11 is 0. The Labute approximate surface area is 370 Å². The zero-order chi connectivity index (χ0) is 46.5. The maximum atomic E-state index is 13.0. The number of cyclic esters (lactones) is 1. The molecule has 3 aliphatic heterocycles. The molecular weight excluding hydrogens is 901 g/mol. The van der Waals surface area contributed by atoms with Crippen molar-refractivity contribution in [2.24, 2.45) is 5.92 Å². The van der Waals surface area contributed by atoms with E-state index in [1.807, 2.05) is 19.3 Å². The van der Waals surface area contributed by atoms with Crippen LogP contribution in [0, 0.1) is 5.92 Å². The molecule has 3 unspecified atom stereocenters. The highest BCUT2D eigenvalue weighted by atomic mass is 32.3. The second-order valence-electron chi connectivity index (χ2n) is 16.5. The number of esters is 2. The van der Waals surface area contributed by atoms with E-state index in [2.05, 4.69) is 13.8 Å². The maximum absolute atomic E-state index is 13.0. The number of rotatable bonds is 21. The van der Waals surface area contributed by atoms with Crippen LogP contribution in [0.3, 0.4) is 0 Å². The molecule has 366 valence electrons. The normalized spacial score (nSPS) is 26.7. The van der Waals surface area contributed by atoms with Gasteiger partial charge in [-0.3, -0.25) is 28.0 Å². The summed E-state index contributed by atoms with van der Waals surface area (Å²) in [5.74, 6) is -2.31. The van der Waals surface area contributed by atoms with Crippen LogP contribution in [0.15, 0.2) is 12.2 Å². The van der Waals surface area contributed by atoms with Crippen LogP contribution in [0.5, 0.6) is 0 Å². The molecule has 5 N–H and O–H groups in total. The monoisotopic (exact) mass is 966 g/mol. The molecule has 0 aromatic rings. The Morgan fingerprint density at radius 2 is 1.57 bits per heavy atom. The molecule has 3 bridgehead atoms. The van der Waals surface area contributed by atoms with Crippen LogP contribution in [0.25, 0.3) is 0 Å². The minimum atomic E-state index is -4.99. The molecule has 22 nitrogen and oxygen atoms in total. The van der Waals surface area contributed by atoms with Gasteiger partial charge in [-0.15, -0.1) is 0 Å². The SMILES string of the molecule is CC(C)CC(=O)O[C@H]1C[C@@H]2O[C@@]3(CCCCCCC(C(CCCCCCOCC(COS(=O)(=O)O)NOS(=O)(=O)O)OS(=O)(=O)O)OC(=O)CNC(=O)/C=C/CCCCC[C@H]2O3)C1. The summed E-state index contributed by atoms with van der Waals surface area (Å²) < 4.78 is 138. The van der Waals surface area contributed by atoms with Gasteiger partial charge in [-0.2, -0.15) is 35.0 Å². The van der Waals surface area contributed by atoms with Gasteiger partial charge in [0.05, 0.1) is 31.5 Å². The van der Waals surface area contributed by atoms with Gasteiger partial charge in [0, 0.05) is 32.3 Å². The minimum Gasteiger partial charge on any atom is -0.462 e. The average molecular weight is 967 g/mol. The van der Waals surface area contributed by atoms with Crippen LogP contribution in [0.2, 0.25) is 0 Å². The number of ether oxygens (including phenoxy) is 5. The first-order valence-corrected chi connectivity index (χ1v) is 25.7. The first-order valence-electron chi connectivity index (χ1n) is 21.6. The summed E-state index contributed by atoms with van der Waals surface area (Å²) in [5.41, 5.74) is 1.85. The van der Waals surface area contributed by atoms with Gasteiger partial charge in [0.15, 0.2) is 5.79 Å². The molecule has 1 spiro atoms. The number of hydroxylamine groups is 1. The quantitative estimate of drug-likeness (QED) is 0.0473. The van der Waals surface area contributed by atoms with E-state index in [-0.39, 0.29) is 56.3 Å². The summed E-state index contributed by atoms with van der Waals surface area (Å²) in [5, 5.41) is 2.48. The Hall–Kier alpha value is -2.40. The van der Waals surface area contributed by atoms with Crippen LogP contribution in [-0.4, -0.2) is 125 Å². The van der Waals surface area contributed by atoms with Gasteiger partial charge < -0.3 is 29.0 Å². The molecule has 2 saturated heterocycles. The predicted molar refractivity (Wildman–Crippen MR) is 221 cm³/mol. The Morgan fingerprint density at radius 1 is 0.873 bits per heavy atom. The molecule has 3 heterocycles. The van der Waals surface area contributed by atoms with Gasteiger partial charge in [0.25, 0.3) is 0 Å². The van der Waals surface area contributed by atoms with Crippen LogP contribution < -0.4 is 10.8 Å². The van der Waals surface area contributed by atoms with Gasteiger partial charge in [-0.1, -0.05) is 64.9 Å². The molecule has 1 amide bonds. The van der Waals surface area contributed by atoms with Crippen molar-refractivity contribution < 1.29 is 89.6 Å². The number of nitrogens with one attached hydrogen (secondary N) is 2. The van der Waals surface area contributed by atoms with Crippen molar-refractivity contribution in [2.45, 2.75) is 178 Å². The largest absolute Gasteiger partial charge is 0.462 e. The van der Waals surface area contributed by atoms with Crippen molar-refractivity contribution in [3.63, 3.8) is 0 Å². The lowest BCUT2D eigenvalue weighted by molar-refractivity contribution is -0.223. The molecule has 3 aliphatic rings. The summed E-state index contributed by atoms with van der Waals surface area (Å²) in [7, 11) is -14.8. The topological polar surface area (TPSA) is 312 Å². The van der Waals surface area contributed by atoms with Crippen molar-refractivity contribution in [3.8, 4) is 0 Å². The number of carbonyl (C=O) groups excluding carboxylic acids is 3. The zero-order valence-corrected chi connectivity index (χ0v) is 38.4. The fourth-order valence-electron chi connectivity index (χ4n) is 7.65. The van der Waals surface area contributed by atoms with E-state index >= 15 is 0 Å². The number of amides is 1. The van der Waals surface area contributed by atoms with Crippen molar-refractivity contribution in [1.82, 2.24) is 10.8 Å². The highest BCUT2D eigenvalue weighted by molar-refractivity contribution is 7.81. The molecule has 0 aromatic carbocycles. The first-order chi connectivity index (χ1) is 29.6. The van der Waals surface area contributed by atoms with Crippen LogP contribution in [-0.2, 0) is 81.9 Å². The molecule has 7 atom stereocenters. The van der Waals surface area contributed by atoms with E-state index in [0.717, 1.165) is 25.7 Å². The third-order valence-electron chi connectivity index (χ3n) is 10.4. The Kier molecular flexibility index (Phi) is 23.8. The van der Waals surface area contributed by atoms with Gasteiger partial charge in [-0.25, -0.2) is 8.37 Å². The Bertz CT molecular complexity index is 1740. The number of hydrogen-bond donors (Lipinski definition) is 5. The van der Waals surface area contributed by atoms with Gasteiger partial charge >= 0.3 is 43.1 Å². The van der Waals surface area contributed by atoms with Gasteiger partial charge in [-0.05, 0) is 63.4 Å². The van der Waals surface area contributed by atoms with Crippen molar-refractivity contribution in [2.75, 3.05) is 26.4 Å². The van der Waals surface area contributed by atoms with Crippen LogP contribution in [0.1, 0.15) is 136 Å². The van der Waals surface area contributed by atoms with E-state index < -0.39 is 80.3 Å². The number of hydrogen-bond acceptors (Lipinski definition) is 18. The molecule has 2 fully saturated rings. The lowest BCUT2D eigenvalue weighted by Crippen LogP contribution is -2.42. The molecule has 63 heavy (non-hydrogen) atoms. The zero-order valence-electron chi connectivity index (χ0n) is 36.0. The highest BCUT2D eigenvalue weighted by Gasteiger charge is 2.53. The van der Waals surface area contributed by atoms with E-state index in [9.17, 15) is 44.2 Å². The van der Waals surface area contributed by atoms with Crippen LogP contribution in [0.4, 0.5) is 0 Å². The van der Waals surface area contributed by atoms with E-state index in [4.69, 9.17) is 37.0 Å².